The van der Waals surface area contributed by atoms with E-state index in [-0.39, 0.29) is 30.2 Å². The zero-order valence-electron chi connectivity index (χ0n) is 19.0. The highest BCUT2D eigenvalue weighted by Gasteiger charge is 2.28. The average molecular weight is 456 g/mol. The van der Waals surface area contributed by atoms with E-state index in [4.69, 9.17) is 9.47 Å². The highest BCUT2D eigenvalue weighted by molar-refractivity contribution is 5.92. The van der Waals surface area contributed by atoms with Gasteiger partial charge in [0, 0.05) is 50.4 Å². The smallest absolute Gasteiger partial charge is 0.274 e. The summed E-state index contributed by atoms with van der Waals surface area (Å²) in [7, 11) is 3.08. The molecule has 1 fully saturated rings. The maximum absolute atomic E-state index is 13.0. The van der Waals surface area contributed by atoms with E-state index in [2.05, 4.69) is 20.6 Å². The molecule has 1 aliphatic rings. The number of hydrogen-bond donors (Lipinski definition) is 2. The number of methoxy groups -OCH3 is 2. The van der Waals surface area contributed by atoms with Crippen molar-refractivity contribution in [1.82, 2.24) is 25.5 Å². The van der Waals surface area contributed by atoms with Gasteiger partial charge in [-0.1, -0.05) is 12.1 Å². The minimum Gasteiger partial charge on any atom is -0.493 e. The molecule has 3 rings (SSSR count). The average Bonchev–Trinajstić information content (AvgIpc) is 2.83. The molecule has 2 N–H and O–H groups in total. The predicted molar refractivity (Wildman–Crippen MR) is 120 cm³/mol. The van der Waals surface area contributed by atoms with Crippen molar-refractivity contribution in [2.45, 2.75) is 38.3 Å². The first-order valence-electron chi connectivity index (χ1n) is 10.8. The molecular weight excluding hydrogens is 426 g/mol. The van der Waals surface area contributed by atoms with Crippen molar-refractivity contribution in [2.24, 2.45) is 0 Å². The Morgan fingerprint density at radius 1 is 1.15 bits per heavy atom. The number of piperidine rings is 1. The number of para-hydroxylation sites is 1. The lowest BCUT2D eigenvalue weighted by atomic mass is 10.0. The zero-order chi connectivity index (χ0) is 23.8. The summed E-state index contributed by atoms with van der Waals surface area (Å²) >= 11 is 0. The molecule has 10 nitrogen and oxygen atoms in total. The normalized spacial score (nSPS) is 14.8. The van der Waals surface area contributed by atoms with Crippen molar-refractivity contribution in [3.63, 3.8) is 0 Å². The molecule has 0 radical (unpaired) electrons. The Labute approximate surface area is 192 Å². The quantitative estimate of drug-likeness (QED) is 0.608. The van der Waals surface area contributed by atoms with Gasteiger partial charge >= 0.3 is 0 Å². The van der Waals surface area contributed by atoms with Crippen LogP contribution in [0.4, 0.5) is 0 Å². The molecule has 1 aliphatic heterocycles. The zero-order valence-corrected chi connectivity index (χ0v) is 19.0. The molecular formula is C23H29N5O5. The molecule has 1 aromatic heterocycles. The van der Waals surface area contributed by atoms with Gasteiger partial charge in [0.2, 0.25) is 11.8 Å². The first-order chi connectivity index (χ1) is 15.9. The number of amides is 3. The van der Waals surface area contributed by atoms with Crippen LogP contribution in [0.2, 0.25) is 0 Å². The minimum absolute atomic E-state index is 0.105. The Balaban J connectivity index is 1.62. The molecule has 0 aliphatic carbocycles. The van der Waals surface area contributed by atoms with Crippen LogP contribution in [-0.2, 0) is 16.0 Å². The second kappa shape index (κ2) is 11.3. The Kier molecular flexibility index (Phi) is 8.17. The Morgan fingerprint density at radius 2 is 1.91 bits per heavy atom. The van der Waals surface area contributed by atoms with Crippen molar-refractivity contribution in [3.8, 4) is 11.5 Å². The van der Waals surface area contributed by atoms with Crippen LogP contribution in [0, 0.1) is 0 Å². The van der Waals surface area contributed by atoms with E-state index < -0.39 is 6.04 Å². The van der Waals surface area contributed by atoms with Crippen molar-refractivity contribution in [1.29, 1.82) is 0 Å². The van der Waals surface area contributed by atoms with Crippen LogP contribution in [0.1, 0.15) is 35.8 Å². The summed E-state index contributed by atoms with van der Waals surface area (Å²) in [4.78, 5) is 47.1. The fourth-order valence-corrected chi connectivity index (χ4v) is 3.89. The number of hydrogen-bond acceptors (Lipinski definition) is 7. The van der Waals surface area contributed by atoms with Crippen molar-refractivity contribution in [3.05, 3.63) is 48.0 Å². The second-order valence-electron chi connectivity index (χ2n) is 7.78. The van der Waals surface area contributed by atoms with E-state index in [1.54, 1.807) is 18.1 Å². The lowest BCUT2D eigenvalue weighted by molar-refractivity contribution is -0.128. The summed E-state index contributed by atoms with van der Waals surface area (Å²) in [5.74, 6) is 0.320. The summed E-state index contributed by atoms with van der Waals surface area (Å²) in [6.45, 7) is 2.36. The summed E-state index contributed by atoms with van der Waals surface area (Å²) in [5, 5.41) is 5.75. The van der Waals surface area contributed by atoms with Gasteiger partial charge < -0.3 is 25.0 Å². The molecule has 3 amide bonds. The number of rotatable bonds is 8. The van der Waals surface area contributed by atoms with Gasteiger partial charge in [0.05, 0.1) is 20.4 Å². The van der Waals surface area contributed by atoms with Gasteiger partial charge in [0.25, 0.3) is 5.91 Å². The van der Waals surface area contributed by atoms with Crippen molar-refractivity contribution >= 4 is 17.7 Å². The molecule has 176 valence electrons. The molecule has 1 saturated heterocycles. The molecule has 1 atom stereocenters. The summed E-state index contributed by atoms with van der Waals surface area (Å²) < 4.78 is 10.8. The second-order valence-corrected chi connectivity index (χ2v) is 7.78. The van der Waals surface area contributed by atoms with Gasteiger partial charge in [0.1, 0.15) is 11.7 Å². The molecule has 1 unspecified atom stereocenters. The van der Waals surface area contributed by atoms with E-state index in [0.717, 1.165) is 5.56 Å². The molecule has 0 bridgehead atoms. The molecule has 0 saturated carbocycles. The number of nitrogens with one attached hydrogen (secondary N) is 2. The number of likely N-dealkylation sites (tertiary alicyclic amines) is 1. The fourth-order valence-electron chi connectivity index (χ4n) is 3.89. The molecule has 2 heterocycles. The largest absolute Gasteiger partial charge is 0.493 e. The number of ether oxygens (including phenoxy) is 2. The summed E-state index contributed by atoms with van der Waals surface area (Å²) in [6, 6.07) is 4.53. The molecule has 10 heteroatoms. The maximum atomic E-state index is 13.0. The highest BCUT2D eigenvalue weighted by atomic mass is 16.5. The molecule has 1 aromatic carbocycles. The monoisotopic (exact) mass is 455 g/mol. The number of nitrogens with zero attached hydrogens (tertiary/aromatic N) is 3. The van der Waals surface area contributed by atoms with Gasteiger partial charge in [-0.05, 0) is 18.9 Å². The number of carbonyl (C=O) groups excluding carboxylic acids is 3. The van der Waals surface area contributed by atoms with Gasteiger partial charge in [-0.3, -0.25) is 19.4 Å². The van der Waals surface area contributed by atoms with Crippen LogP contribution >= 0.6 is 0 Å². The Bertz CT molecular complexity index is 976. The molecule has 2 aromatic rings. The third-order valence-corrected chi connectivity index (χ3v) is 5.51. The molecule has 33 heavy (non-hydrogen) atoms. The fraction of sp³-hybridized carbons (Fsp3) is 0.435. The topological polar surface area (TPSA) is 123 Å². The molecule has 0 spiro atoms. The first kappa shape index (κ1) is 24.0. The van der Waals surface area contributed by atoms with Crippen LogP contribution in [-0.4, -0.2) is 72.0 Å². The SMILES string of the molecule is COc1cccc(CC(NC(C)=O)C(=O)NC2CCN(C(=O)c3cnccn3)CC2)c1OC. The summed E-state index contributed by atoms with van der Waals surface area (Å²) in [6.07, 6.45) is 5.90. The van der Waals surface area contributed by atoms with Gasteiger partial charge in [0.15, 0.2) is 11.5 Å². The van der Waals surface area contributed by atoms with Crippen LogP contribution in [0.15, 0.2) is 36.8 Å². The van der Waals surface area contributed by atoms with Crippen LogP contribution in [0.3, 0.4) is 0 Å². The van der Waals surface area contributed by atoms with E-state index in [1.807, 2.05) is 12.1 Å². The number of carbonyl (C=O) groups is 3. The third kappa shape index (κ3) is 6.18. The van der Waals surface area contributed by atoms with E-state index in [9.17, 15) is 14.4 Å². The first-order valence-corrected chi connectivity index (χ1v) is 10.8. The lowest BCUT2D eigenvalue weighted by Crippen LogP contribution is -2.53. The lowest BCUT2D eigenvalue weighted by Gasteiger charge is -2.33. The third-order valence-electron chi connectivity index (χ3n) is 5.51. The summed E-state index contributed by atoms with van der Waals surface area (Å²) in [5.41, 5.74) is 1.05. The van der Waals surface area contributed by atoms with E-state index in [0.29, 0.717) is 43.1 Å². The number of benzene rings is 1. The van der Waals surface area contributed by atoms with Crippen LogP contribution < -0.4 is 20.1 Å². The Morgan fingerprint density at radius 3 is 2.52 bits per heavy atom. The van der Waals surface area contributed by atoms with Crippen molar-refractivity contribution < 1.29 is 23.9 Å². The van der Waals surface area contributed by atoms with Crippen LogP contribution in [0.5, 0.6) is 11.5 Å². The highest BCUT2D eigenvalue weighted by Crippen LogP contribution is 2.31. The van der Waals surface area contributed by atoms with Gasteiger partial charge in [-0.25, -0.2) is 4.98 Å². The number of aromatic nitrogens is 2. The van der Waals surface area contributed by atoms with Crippen LogP contribution in [0.25, 0.3) is 0 Å². The predicted octanol–water partition coefficient (Wildman–Crippen LogP) is 0.962. The standard InChI is InChI=1S/C23H29N5O5/c1-15(29)26-18(13-16-5-4-6-20(32-2)21(16)33-3)22(30)27-17-7-11-28(12-8-17)23(31)19-14-24-9-10-25-19/h4-6,9-10,14,17-18H,7-8,11-13H2,1-3H3,(H,26,29)(H,27,30). The van der Waals surface area contributed by atoms with E-state index in [1.165, 1.54) is 32.6 Å². The maximum Gasteiger partial charge on any atom is 0.274 e. The van der Waals surface area contributed by atoms with E-state index >= 15 is 0 Å². The van der Waals surface area contributed by atoms with Gasteiger partial charge in [-0.2, -0.15) is 0 Å². The van der Waals surface area contributed by atoms with Gasteiger partial charge in [-0.15, -0.1) is 0 Å². The minimum atomic E-state index is -0.775. The Hall–Kier alpha value is -3.69. The van der Waals surface area contributed by atoms with Crippen molar-refractivity contribution in [2.75, 3.05) is 27.3 Å².